The molecule has 0 spiro atoms. The molecule has 0 aliphatic carbocycles. The minimum Gasteiger partial charge on any atom is -0.366 e. The van der Waals surface area contributed by atoms with E-state index in [4.69, 9.17) is 0 Å². The summed E-state index contributed by atoms with van der Waals surface area (Å²) in [7, 11) is 1.60. The highest BCUT2D eigenvalue weighted by Gasteiger charge is 2.04. The largest absolute Gasteiger partial charge is 0.366 e. The number of fused-ring (bicyclic) bond motifs is 1. The Morgan fingerprint density at radius 2 is 2.14 bits per heavy atom. The quantitative estimate of drug-likeness (QED) is 0.777. The fourth-order valence-electron chi connectivity index (χ4n) is 1.95. The Morgan fingerprint density at radius 1 is 1.24 bits per heavy atom. The van der Waals surface area contributed by atoms with Crippen LogP contribution in [0.2, 0.25) is 0 Å². The Bertz CT molecular complexity index is 767. The number of carbonyl (C=O) groups excluding carboxylic acids is 1. The van der Waals surface area contributed by atoms with Gasteiger partial charge in [-0.2, -0.15) is 0 Å². The van der Waals surface area contributed by atoms with Crippen molar-refractivity contribution in [3.63, 3.8) is 0 Å². The third-order valence-corrected chi connectivity index (χ3v) is 3.94. The summed E-state index contributed by atoms with van der Waals surface area (Å²) in [5.74, 6) is 0.593. The van der Waals surface area contributed by atoms with E-state index < -0.39 is 0 Å². The van der Waals surface area contributed by atoms with Gasteiger partial charge in [-0.3, -0.25) is 9.78 Å². The van der Waals surface area contributed by atoms with Crippen LogP contribution in [0.3, 0.4) is 0 Å². The molecule has 21 heavy (non-hydrogen) atoms. The van der Waals surface area contributed by atoms with Gasteiger partial charge in [-0.25, -0.2) is 4.98 Å². The Labute approximate surface area is 126 Å². The molecule has 0 atom stereocenters. The number of thiophene rings is 1. The van der Waals surface area contributed by atoms with E-state index in [1.165, 1.54) is 4.70 Å². The molecular formula is C15H14N4OS. The highest BCUT2D eigenvalue weighted by Crippen LogP contribution is 2.19. The molecule has 5 nitrogen and oxygen atoms in total. The van der Waals surface area contributed by atoms with Crippen LogP contribution in [0.1, 0.15) is 15.9 Å². The fraction of sp³-hybridized carbons (Fsp3) is 0.133. The molecule has 6 heteroatoms. The van der Waals surface area contributed by atoms with Crippen LogP contribution >= 0.6 is 11.3 Å². The molecule has 0 aliphatic rings. The number of amides is 1. The van der Waals surface area contributed by atoms with Crippen molar-refractivity contribution < 1.29 is 4.79 Å². The van der Waals surface area contributed by atoms with E-state index >= 15 is 0 Å². The molecule has 0 aromatic carbocycles. The van der Waals surface area contributed by atoms with E-state index in [2.05, 4.69) is 26.7 Å². The molecule has 1 amide bonds. The van der Waals surface area contributed by atoms with E-state index in [0.29, 0.717) is 12.1 Å². The van der Waals surface area contributed by atoms with Crippen LogP contribution in [0.25, 0.3) is 10.2 Å². The van der Waals surface area contributed by atoms with Gasteiger partial charge in [0.25, 0.3) is 5.91 Å². The van der Waals surface area contributed by atoms with Crippen LogP contribution in [-0.2, 0) is 6.54 Å². The number of aromatic nitrogens is 2. The summed E-state index contributed by atoms with van der Waals surface area (Å²) in [6, 6.07) is 7.67. The lowest BCUT2D eigenvalue weighted by Gasteiger charge is -2.06. The van der Waals surface area contributed by atoms with Crippen molar-refractivity contribution in [2.45, 2.75) is 6.54 Å². The first-order valence-electron chi connectivity index (χ1n) is 6.50. The van der Waals surface area contributed by atoms with Crippen molar-refractivity contribution in [1.82, 2.24) is 15.3 Å². The number of rotatable bonds is 4. The first-order chi connectivity index (χ1) is 10.3. The number of nitrogens with one attached hydrogen (secondary N) is 2. The molecule has 0 fully saturated rings. The lowest BCUT2D eigenvalue weighted by atomic mass is 10.2. The molecule has 0 bridgehead atoms. The van der Waals surface area contributed by atoms with Crippen molar-refractivity contribution in [2.24, 2.45) is 0 Å². The van der Waals surface area contributed by atoms with Crippen molar-refractivity contribution >= 4 is 33.3 Å². The highest BCUT2D eigenvalue weighted by molar-refractivity contribution is 7.17. The number of pyridine rings is 2. The number of hydrogen-bond acceptors (Lipinski definition) is 5. The van der Waals surface area contributed by atoms with Gasteiger partial charge in [-0.1, -0.05) is 0 Å². The number of nitrogens with zero attached hydrogens (tertiary/aromatic N) is 2. The molecule has 3 aromatic rings. The summed E-state index contributed by atoms with van der Waals surface area (Å²) < 4.78 is 1.18. The van der Waals surface area contributed by atoms with Crippen LogP contribution in [0.5, 0.6) is 0 Å². The maximum Gasteiger partial charge on any atom is 0.252 e. The third kappa shape index (κ3) is 3.00. The normalized spacial score (nSPS) is 10.5. The van der Waals surface area contributed by atoms with Crippen LogP contribution in [0, 0.1) is 0 Å². The maximum absolute atomic E-state index is 11.4. The Hall–Kier alpha value is -2.47. The van der Waals surface area contributed by atoms with Gasteiger partial charge in [0, 0.05) is 26.0 Å². The van der Waals surface area contributed by atoms with Crippen LogP contribution in [-0.4, -0.2) is 22.9 Å². The van der Waals surface area contributed by atoms with Crippen molar-refractivity contribution in [3.05, 3.63) is 53.2 Å². The average Bonchev–Trinajstić information content (AvgIpc) is 3.00. The molecule has 0 radical (unpaired) electrons. The second-order valence-electron chi connectivity index (χ2n) is 4.51. The molecule has 0 aliphatic heterocycles. The fourth-order valence-corrected chi connectivity index (χ4v) is 2.76. The van der Waals surface area contributed by atoms with Crippen LogP contribution in [0.4, 0.5) is 5.82 Å². The topological polar surface area (TPSA) is 66.9 Å². The van der Waals surface area contributed by atoms with Crippen LogP contribution < -0.4 is 10.6 Å². The van der Waals surface area contributed by atoms with E-state index in [-0.39, 0.29) is 5.91 Å². The summed E-state index contributed by atoms with van der Waals surface area (Å²) in [6.07, 6.45) is 3.42. The molecule has 3 rings (SSSR count). The zero-order valence-corrected chi connectivity index (χ0v) is 12.3. The molecular weight excluding hydrogens is 284 g/mol. The number of anilines is 1. The minimum absolute atomic E-state index is 0.138. The standard InChI is InChI=1S/C15H14N4OS/c1-16-15(20)11-2-3-14(19-9-11)18-8-10-6-13-12(17-7-10)4-5-21-13/h2-7,9H,8H2,1H3,(H,16,20)(H,18,19). The van der Waals surface area contributed by atoms with E-state index in [9.17, 15) is 4.79 Å². The van der Waals surface area contributed by atoms with Gasteiger partial charge in [0.1, 0.15) is 5.82 Å². The van der Waals surface area contributed by atoms with Gasteiger partial charge in [-0.15, -0.1) is 11.3 Å². The molecule has 2 N–H and O–H groups in total. The first kappa shape index (κ1) is 13.5. The Kier molecular flexibility index (Phi) is 3.79. The van der Waals surface area contributed by atoms with Gasteiger partial charge < -0.3 is 10.6 Å². The second kappa shape index (κ2) is 5.88. The highest BCUT2D eigenvalue weighted by atomic mass is 32.1. The summed E-state index contributed by atoms with van der Waals surface area (Å²) in [6.45, 7) is 0.646. The summed E-state index contributed by atoms with van der Waals surface area (Å²) in [4.78, 5) is 20.0. The zero-order valence-electron chi connectivity index (χ0n) is 11.5. The maximum atomic E-state index is 11.4. The molecule has 0 saturated heterocycles. The van der Waals surface area contributed by atoms with E-state index in [1.807, 2.05) is 17.6 Å². The lowest BCUT2D eigenvalue weighted by molar-refractivity contribution is 0.0963. The van der Waals surface area contributed by atoms with Crippen LogP contribution in [0.15, 0.2) is 42.0 Å². The van der Waals surface area contributed by atoms with Gasteiger partial charge in [-0.05, 0) is 35.2 Å². The smallest absolute Gasteiger partial charge is 0.252 e. The lowest BCUT2D eigenvalue weighted by Crippen LogP contribution is -2.17. The third-order valence-electron chi connectivity index (χ3n) is 3.09. The second-order valence-corrected chi connectivity index (χ2v) is 5.46. The average molecular weight is 298 g/mol. The van der Waals surface area contributed by atoms with Gasteiger partial charge in [0.2, 0.25) is 0 Å². The summed E-state index contributed by atoms with van der Waals surface area (Å²) in [5, 5.41) is 7.83. The Balaban J connectivity index is 1.67. The van der Waals surface area contributed by atoms with Crippen molar-refractivity contribution in [3.8, 4) is 0 Å². The monoisotopic (exact) mass is 298 g/mol. The molecule has 3 aromatic heterocycles. The SMILES string of the molecule is CNC(=O)c1ccc(NCc2cnc3ccsc3c2)nc1. The summed E-state index contributed by atoms with van der Waals surface area (Å²) >= 11 is 1.68. The number of carbonyl (C=O) groups is 1. The first-order valence-corrected chi connectivity index (χ1v) is 7.38. The van der Waals surface area contributed by atoms with Crippen molar-refractivity contribution in [1.29, 1.82) is 0 Å². The predicted molar refractivity (Wildman–Crippen MR) is 84.6 cm³/mol. The zero-order chi connectivity index (χ0) is 14.7. The van der Waals surface area contributed by atoms with E-state index in [1.54, 1.807) is 36.7 Å². The van der Waals surface area contributed by atoms with E-state index in [0.717, 1.165) is 16.9 Å². The van der Waals surface area contributed by atoms with Gasteiger partial charge in [0.05, 0.1) is 15.8 Å². The molecule has 0 saturated carbocycles. The van der Waals surface area contributed by atoms with Gasteiger partial charge in [0.15, 0.2) is 0 Å². The Morgan fingerprint density at radius 3 is 2.90 bits per heavy atom. The molecule has 3 heterocycles. The number of hydrogen-bond donors (Lipinski definition) is 2. The van der Waals surface area contributed by atoms with Gasteiger partial charge >= 0.3 is 0 Å². The molecule has 0 unspecified atom stereocenters. The summed E-state index contributed by atoms with van der Waals surface area (Å²) in [5.41, 5.74) is 2.67. The predicted octanol–water partition coefficient (Wildman–Crippen LogP) is 2.66. The minimum atomic E-state index is -0.138. The van der Waals surface area contributed by atoms with Crippen molar-refractivity contribution in [2.75, 3.05) is 12.4 Å². The molecule has 106 valence electrons.